The molecule has 1 heterocycles. The zero-order valence-electron chi connectivity index (χ0n) is 13.7. The zero-order chi connectivity index (χ0) is 15.5. The Morgan fingerprint density at radius 3 is 2.24 bits per heavy atom. The summed E-state index contributed by atoms with van der Waals surface area (Å²) in [6.45, 7) is 10.6. The van der Waals surface area contributed by atoms with Crippen molar-refractivity contribution in [1.29, 1.82) is 0 Å². The van der Waals surface area contributed by atoms with Gasteiger partial charge in [0.2, 0.25) is 0 Å². The highest BCUT2D eigenvalue weighted by molar-refractivity contribution is 5.16. The molecule has 0 atom stereocenters. The Kier molecular flexibility index (Phi) is 4.76. The molecule has 1 aliphatic heterocycles. The van der Waals surface area contributed by atoms with Crippen LogP contribution in [0, 0.1) is 12.3 Å². The minimum absolute atomic E-state index is 0.0941. The average Bonchev–Trinajstić information content (AvgIpc) is 2.41. The maximum atomic E-state index is 5.84. The quantitative estimate of drug-likeness (QED) is 0.779. The van der Waals surface area contributed by atoms with E-state index in [1.165, 1.54) is 5.56 Å². The molecule has 2 nitrogen and oxygen atoms in total. The van der Waals surface area contributed by atoms with Gasteiger partial charge in [0.15, 0.2) is 0 Å². The summed E-state index contributed by atoms with van der Waals surface area (Å²) in [5, 5.41) is 0. The number of terminal acetylenes is 1. The standard InChI is InChI=1S/C19H27NO/c1-6-12-21-17-13-18(2,3)20(19(4,5)14-17)15-16-10-8-7-9-11-16/h1,7-11,17H,12-15H2,2-5H3. The van der Waals surface area contributed by atoms with Crippen LogP contribution < -0.4 is 0 Å². The van der Waals surface area contributed by atoms with Crippen molar-refractivity contribution < 1.29 is 4.74 Å². The van der Waals surface area contributed by atoms with Crippen molar-refractivity contribution in [3.63, 3.8) is 0 Å². The van der Waals surface area contributed by atoms with Crippen LogP contribution >= 0.6 is 0 Å². The maximum Gasteiger partial charge on any atom is 0.107 e. The number of piperidine rings is 1. The van der Waals surface area contributed by atoms with Gasteiger partial charge in [-0.05, 0) is 46.1 Å². The van der Waals surface area contributed by atoms with Crippen molar-refractivity contribution in [2.45, 2.75) is 64.3 Å². The highest BCUT2D eigenvalue weighted by Gasteiger charge is 2.45. The van der Waals surface area contributed by atoms with Crippen molar-refractivity contribution in [3.05, 3.63) is 35.9 Å². The third-order valence-corrected chi connectivity index (χ3v) is 4.50. The number of rotatable bonds is 4. The van der Waals surface area contributed by atoms with E-state index in [1.807, 2.05) is 0 Å². The summed E-state index contributed by atoms with van der Waals surface area (Å²) in [4.78, 5) is 2.60. The normalized spacial score (nSPS) is 21.9. The van der Waals surface area contributed by atoms with E-state index >= 15 is 0 Å². The molecule has 1 saturated heterocycles. The van der Waals surface area contributed by atoms with Crippen molar-refractivity contribution in [2.75, 3.05) is 6.61 Å². The largest absolute Gasteiger partial charge is 0.365 e. The zero-order valence-corrected chi connectivity index (χ0v) is 13.7. The van der Waals surface area contributed by atoms with E-state index in [0.717, 1.165) is 19.4 Å². The molecule has 1 aromatic rings. The van der Waals surface area contributed by atoms with E-state index in [9.17, 15) is 0 Å². The molecule has 0 aromatic heterocycles. The van der Waals surface area contributed by atoms with Crippen LogP contribution in [-0.4, -0.2) is 28.7 Å². The molecular formula is C19H27NO. The third kappa shape index (κ3) is 3.87. The molecule has 0 radical (unpaired) electrons. The van der Waals surface area contributed by atoms with E-state index in [-0.39, 0.29) is 17.2 Å². The van der Waals surface area contributed by atoms with E-state index in [1.54, 1.807) is 0 Å². The van der Waals surface area contributed by atoms with Crippen LogP contribution in [0.1, 0.15) is 46.1 Å². The molecule has 0 amide bonds. The van der Waals surface area contributed by atoms with Gasteiger partial charge in [-0.2, -0.15) is 0 Å². The van der Waals surface area contributed by atoms with Gasteiger partial charge in [-0.25, -0.2) is 0 Å². The van der Waals surface area contributed by atoms with Crippen LogP contribution in [0.15, 0.2) is 30.3 Å². The Balaban J connectivity index is 2.15. The molecule has 0 spiro atoms. The fourth-order valence-corrected chi connectivity index (χ4v) is 3.70. The Labute approximate surface area is 129 Å². The van der Waals surface area contributed by atoms with Gasteiger partial charge in [-0.3, -0.25) is 4.90 Å². The fourth-order valence-electron chi connectivity index (χ4n) is 3.70. The molecule has 1 aromatic carbocycles. The first-order valence-electron chi connectivity index (χ1n) is 7.72. The molecule has 114 valence electrons. The van der Waals surface area contributed by atoms with Gasteiger partial charge in [0.25, 0.3) is 0 Å². The van der Waals surface area contributed by atoms with Crippen molar-refractivity contribution in [2.24, 2.45) is 0 Å². The Hall–Kier alpha value is -1.30. The van der Waals surface area contributed by atoms with E-state index in [2.05, 4.69) is 68.8 Å². The number of likely N-dealkylation sites (tertiary alicyclic amines) is 1. The molecular weight excluding hydrogens is 258 g/mol. The lowest BCUT2D eigenvalue weighted by Gasteiger charge is -2.55. The minimum Gasteiger partial charge on any atom is -0.365 e. The van der Waals surface area contributed by atoms with Crippen molar-refractivity contribution in [1.82, 2.24) is 4.90 Å². The Morgan fingerprint density at radius 2 is 1.71 bits per heavy atom. The first-order chi connectivity index (χ1) is 9.85. The van der Waals surface area contributed by atoms with Crippen LogP contribution in [-0.2, 0) is 11.3 Å². The van der Waals surface area contributed by atoms with Crippen molar-refractivity contribution >= 4 is 0 Å². The SMILES string of the molecule is C#CCOC1CC(C)(C)N(Cc2ccccc2)C(C)(C)C1. The number of ether oxygens (including phenoxy) is 1. The van der Waals surface area contributed by atoms with Crippen LogP contribution in [0.5, 0.6) is 0 Å². The van der Waals surface area contributed by atoms with Gasteiger partial charge in [0.1, 0.15) is 6.61 Å². The lowest BCUT2D eigenvalue weighted by molar-refractivity contribution is -0.103. The summed E-state index contributed by atoms with van der Waals surface area (Å²) in [6, 6.07) is 10.7. The predicted molar refractivity (Wildman–Crippen MR) is 88.0 cm³/mol. The summed E-state index contributed by atoms with van der Waals surface area (Å²) in [5.41, 5.74) is 1.55. The van der Waals surface area contributed by atoms with Crippen LogP contribution in [0.3, 0.4) is 0 Å². The molecule has 0 saturated carbocycles. The van der Waals surface area contributed by atoms with Gasteiger partial charge < -0.3 is 4.74 Å². The highest BCUT2D eigenvalue weighted by Crippen LogP contribution is 2.40. The second-order valence-electron chi connectivity index (χ2n) is 7.24. The van der Waals surface area contributed by atoms with Crippen LogP contribution in [0.2, 0.25) is 0 Å². The second kappa shape index (κ2) is 6.22. The average molecular weight is 285 g/mol. The van der Waals surface area contributed by atoms with Gasteiger partial charge >= 0.3 is 0 Å². The second-order valence-corrected chi connectivity index (χ2v) is 7.24. The van der Waals surface area contributed by atoms with Gasteiger partial charge in [-0.15, -0.1) is 6.42 Å². The Bertz CT molecular complexity index is 480. The van der Waals surface area contributed by atoms with Gasteiger partial charge in [0, 0.05) is 17.6 Å². The summed E-state index contributed by atoms with van der Waals surface area (Å²) >= 11 is 0. The van der Waals surface area contributed by atoms with E-state index < -0.39 is 0 Å². The van der Waals surface area contributed by atoms with Gasteiger partial charge in [0.05, 0.1) is 6.10 Å². The summed E-state index contributed by atoms with van der Waals surface area (Å²) in [5.74, 6) is 2.58. The lowest BCUT2D eigenvalue weighted by Crippen LogP contribution is -2.61. The smallest absolute Gasteiger partial charge is 0.107 e. The highest BCUT2D eigenvalue weighted by atomic mass is 16.5. The number of nitrogens with zero attached hydrogens (tertiary/aromatic N) is 1. The third-order valence-electron chi connectivity index (χ3n) is 4.50. The molecule has 0 unspecified atom stereocenters. The molecule has 0 N–H and O–H groups in total. The topological polar surface area (TPSA) is 12.5 Å². The van der Waals surface area contributed by atoms with Gasteiger partial charge in [-0.1, -0.05) is 36.3 Å². The van der Waals surface area contributed by atoms with Crippen LogP contribution in [0.25, 0.3) is 0 Å². The lowest BCUT2D eigenvalue weighted by atomic mass is 9.77. The number of hydrogen-bond donors (Lipinski definition) is 0. The first-order valence-corrected chi connectivity index (χ1v) is 7.72. The summed E-state index contributed by atoms with van der Waals surface area (Å²) < 4.78 is 5.84. The fraction of sp³-hybridized carbons (Fsp3) is 0.579. The summed E-state index contributed by atoms with van der Waals surface area (Å²) in [7, 11) is 0. The number of hydrogen-bond acceptors (Lipinski definition) is 2. The molecule has 0 aliphatic carbocycles. The van der Waals surface area contributed by atoms with Crippen LogP contribution in [0.4, 0.5) is 0 Å². The maximum absolute atomic E-state index is 5.84. The predicted octanol–water partition coefficient (Wildman–Crippen LogP) is 3.86. The van der Waals surface area contributed by atoms with E-state index in [4.69, 9.17) is 11.2 Å². The number of benzene rings is 1. The van der Waals surface area contributed by atoms with Crippen molar-refractivity contribution in [3.8, 4) is 12.3 Å². The molecule has 2 rings (SSSR count). The summed E-state index contributed by atoms with van der Waals surface area (Å²) in [6.07, 6.45) is 7.61. The first kappa shape index (κ1) is 16.1. The molecule has 1 aliphatic rings. The molecule has 1 fully saturated rings. The monoisotopic (exact) mass is 285 g/mol. The molecule has 0 bridgehead atoms. The minimum atomic E-state index is 0.0941. The molecule has 2 heteroatoms. The molecule has 21 heavy (non-hydrogen) atoms. The van der Waals surface area contributed by atoms with E-state index in [0.29, 0.717) is 6.61 Å². The Morgan fingerprint density at radius 1 is 1.14 bits per heavy atom.